The van der Waals surface area contributed by atoms with Gasteiger partial charge in [0.15, 0.2) is 5.13 Å². The highest BCUT2D eigenvalue weighted by atomic mass is 32.1. The molecule has 1 aliphatic rings. The first-order valence-corrected chi connectivity index (χ1v) is 12.1. The van der Waals surface area contributed by atoms with Gasteiger partial charge in [-0.05, 0) is 53.9 Å². The largest absolute Gasteiger partial charge is 0.497 e. The van der Waals surface area contributed by atoms with Crippen molar-refractivity contribution in [3.05, 3.63) is 111 Å². The Morgan fingerprint density at radius 2 is 1.89 bits per heavy atom. The van der Waals surface area contributed by atoms with E-state index >= 15 is 0 Å². The van der Waals surface area contributed by atoms with Crippen molar-refractivity contribution in [2.75, 3.05) is 12.4 Å². The van der Waals surface area contributed by atoms with E-state index in [2.05, 4.69) is 41.5 Å². The first kappa shape index (κ1) is 22.8. The quantitative estimate of drug-likeness (QED) is 0.352. The highest BCUT2D eigenvalue weighted by Gasteiger charge is 2.28. The molecule has 5 rings (SSSR count). The maximum Gasteiger partial charge on any atom is 0.339 e. The minimum atomic E-state index is -0.414. The van der Waals surface area contributed by atoms with E-state index in [0.717, 1.165) is 28.2 Å². The highest BCUT2D eigenvalue weighted by molar-refractivity contribution is 7.15. The Morgan fingerprint density at radius 3 is 2.63 bits per heavy atom. The van der Waals surface area contributed by atoms with E-state index in [9.17, 15) is 9.59 Å². The summed E-state index contributed by atoms with van der Waals surface area (Å²) in [5.41, 5.74) is 5.05. The third kappa shape index (κ3) is 5.10. The predicted octanol–water partition coefficient (Wildman–Crippen LogP) is 5.76. The molecular weight excluding hydrogens is 460 g/mol. The predicted molar refractivity (Wildman–Crippen MR) is 135 cm³/mol. The topological polar surface area (TPSA) is 77.5 Å². The summed E-state index contributed by atoms with van der Waals surface area (Å²) in [7, 11) is 1.61. The van der Waals surface area contributed by atoms with Crippen molar-refractivity contribution in [2.24, 2.45) is 0 Å². The molecule has 7 heteroatoms. The number of thiazole rings is 1. The molecule has 0 bridgehead atoms. The Morgan fingerprint density at radius 1 is 1.11 bits per heavy atom. The van der Waals surface area contributed by atoms with Crippen LogP contribution in [-0.4, -0.2) is 24.0 Å². The number of methoxy groups -OCH3 is 1. The van der Waals surface area contributed by atoms with Crippen molar-refractivity contribution in [3.8, 4) is 5.75 Å². The molecule has 0 saturated heterocycles. The lowest BCUT2D eigenvalue weighted by Crippen LogP contribution is -2.23. The van der Waals surface area contributed by atoms with E-state index in [1.165, 1.54) is 22.5 Å². The van der Waals surface area contributed by atoms with Crippen LogP contribution in [0.3, 0.4) is 0 Å². The fraction of sp³-hybridized carbons (Fsp3) is 0.179. The van der Waals surface area contributed by atoms with Crippen LogP contribution in [0.5, 0.6) is 5.75 Å². The molecular formula is C28H24N2O4S. The number of carbonyl (C=O) groups is 2. The molecule has 1 aliphatic heterocycles. The number of hydrogen-bond donors (Lipinski definition) is 1. The highest BCUT2D eigenvalue weighted by Crippen LogP contribution is 2.32. The number of anilines is 1. The Bertz CT molecular complexity index is 1380. The number of esters is 1. The molecule has 176 valence electrons. The maximum atomic E-state index is 12.9. The summed E-state index contributed by atoms with van der Waals surface area (Å²) in [6.07, 6.45) is 2.64. The van der Waals surface area contributed by atoms with Gasteiger partial charge in [-0.15, -0.1) is 11.3 Å². The Balaban J connectivity index is 1.29. The molecule has 1 N–H and O–H groups in total. The van der Waals surface area contributed by atoms with E-state index in [-0.39, 0.29) is 11.9 Å². The molecule has 1 amide bonds. The second-order valence-corrected chi connectivity index (χ2v) is 9.61. The lowest BCUT2D eigenvalue weighted by atomic mass is 9.93. The molecule has 0 saturated carbocycles. The van der Waals surface area contributed by atoms with Gasteiger partial charge in [-0.1, -0.05) is 42.0 Å². The molecule has 3 aromatic carbocycles. The number of rotatable bonds is 6. The SMILES string of the molecule is COc1ccc([C@@H]2Cc3cc(C(=O)Nc4ncc(Cc5ccc(C)cc5)s4)ccc3C(=O)O2)cc1. The summed E-state index contributed by atoms with van der Waals surface area (Å²) >= 11 is 1.46. The van der Waals surface area contributed by atoms with Gasteiger partial charge in [0.05, 0.1) is 12.7 Å². The Labute approximate surface area is 207 Å². The number of benzene rings is 3. The molecule has 6 nitrogen and oxygen atoms in total. The number of hydrogen-bond acceptors (Lipinski definition) is 6. The average molecular weight is 485 g/mol. The van der Waals surface area contributed by atoms with Gasteiger partial charge in [-0.2, -0.15) is 0 Å². The molecule has 0 spiro atoms. The minimum absolute atomic E-state index is 0.260. The summed E-state index contributed by atoms with van der Waals surface area (Å²) in [6, 6.07) is 20.9. The lowest BCUT2D eigenvalue weighted by Gasteiger charge is -2.25. The zero-order chi connectivity index (χ0) is 24.4. The van der Waals surface area contributed by atoms with Crippen LogP contribution in [0.2, 0.25) is 0 Å². The van der Waals surface area contributed by atoms with E-state index in [1.807, 2.05) is 24.3 Å². The number of ether oxygens (including phenoxy) is 2. The zero-order valence-corrected chi connectivity index (χ0v) is 20.2. The van der Waals surface area contributed by atoms with Crippen molar-refractivity contribution < 1.29 is 19.1 Å². The van der Waals surface area contributed by atoms with E-state index in [0.29, 0.717) is 22.7 Å². The van der Waals surface area contributed by atoms with Crippen LogP contribution < -0.4 is 10.1 Å². The van der Waals surface area contributed by atoms with Gasteiger partial charge in [-0.25, -0.2) is 9.78 Å². The number of fused-ring (bicyclic) bond motifs is 1. The molecule has 0 aliphatic carbocycles. The van der Waals surface area contributed by atoms with Crippen molar-refractivity contribution >= 4 is 28.3 Å². The zero-order valence-electron chi connectivity index (χ0n) is 19.4. The number of amides is 1. The van der Waals surface area contributed by atoms with E-state index in [1.54, 1.807) is 31.5 Å². The third-order valence-corrected chi connectivity index (χ3v) is 6.92. The standard InChI is InChI=1S/C28H24N2O4S/c1-17-3-5-18(6-4-17)13-23-16-29-28(35-23)30-26(31)20-9-12-24-21(14-20)15-25(34-27(24)32)19-7-10-22(33-2)11-8-19/h3-12,14,16,25H,13,15H2,1-2H3,(H,29,30,31)/t25-/m0/s1. The van der Waals surface area contributed by atoms with Crippen LogP contribution in [0, 0.1) is 6.92 Å². The summed E-state index contributed by atoms with van der Waals surface area (Å²) < 4.78 is 10.8. The fourth-order valence-corrected chi connectivity index (χ4v) is 4.91. The van der Waals surface area contributed by atoms with Crippen LogP contribution >= 0.6 is 11.3 Å². The van der Waals surface area contributed by atoms with Crippen LogP contribution in [0.1, 0.15) is 54.0 Å². The van der Waals surface area contributed by atoms with Gasteiger partial charge in [0.25, 0.3) is 5.91 Å². The molecule has 2 heterocycles. The third-order valence-electron chi connectivity index (χ3n) is 6.00. The summed E-state index contributed by atoms with van der Waals surface area (Å²) in [4.78, 5) is 30.9. The summed E-state index contributed by atoms with van der Waals surface area (Å²) in [6.45, 7) is 2.06. The first-order chi connectivity index (χ1) is 17.0. The average Bonchev–Trinajstić information content (AvgIpc) is 3.31. The molecule has 35 heavy (non-hydrogen) atoms. The molecule has 1 aromatic heterocycles. The van der Waals surface area contributed by atoms with Crippen molar-refractivity contribution in [1.29, 1.82) is 0 Å². The van der Waals surface area contributed by atoms with Crippen LogP contribution in [0.15, 0.2) is 72.9 Å². The number of nitrogens with zero attached hydrogens (tertiary/aromatic N) is 1. The molecule has 0 fully saturated rings. The van der Waals surface area contributed by atoms with Crippen molar-refractivity contribution in [2.45, 2.75) is 25.9 Å². The number of cyclic esters (lactones) is 1. The van der Waals surface area contributed by atoms with Crippen molar-refractivity contribution in [1.82, 2.24) is 4.98 Å². The van der Waals surface area contributed by atoms with Crippen molar-refractivity contribution in [3.63, 3.8) is 0 Å². The normalized spacial score (nSPS) is 14.7. The number of aromatic nitrogens is 1. The van der Waals surface area contributed by atoms with Gasteiger partial charge in [0.2, 0.25) is 0 Å². The van der Waals surface area contributed by atoms with Gasteiger partial charge in [0.1, 0.15) is 11.9 Å². The molecule has 1 atom stereocenters. The Kier molecular flexibility index (Phi) is 6.33. The fourth-order valence-electron chi connectivity index (χ4n) is 4.06. The van der Waals surface area contributed by atoms with Gasteiger partial charge in [0, 0.05) is 29.5 Å². The minimum Gasteiger partial charge on any atom is -0.497 e. The smallest absolute Gasteiger partial charge is 0.339 e. The van der Waals surface area contributed by atoms with Gasteiger partial charge in [-0.3, -0.25) is 10.1 Å². The van der Waals surface area contributed by atoms with Gasteiger partial charge < -0.3 is 9.47 Å². The monoisotopic (exact) mass is 484 g/mol. The molecule has 4 aromatic rings. The summed E-state index contributed by atoms with van der Waals surface area (Å²) in [5, 5.41) is 3.43. The van der Waals surface area contributed by atoms with E-state index < -0.39 is 6.10 Å². The number of aryl methyl sites for hydroxylation is 1. The van der Waals surface area contributed by atoms with E-state index in [4.69, 9.17) is 9.47 Å². The van der Waals surface area contributed by atoms with Crippen LogP contribution in [-0.2, 0) is 17.6 Å². The summed E-state index contributed by atoms with van der Waals surface area (Å²) in [5.74, 6) is 0.0862. The maximum absolute atomic E-state index is 12.9. The Hall–Kier alpha value is -3.97. The lowest BCUT2D eigenvalue weighted by molar-refractivity contribution is 0.0252. The van der Waals surface area contributed by atoms with Crippen LogP contribution in [0.25, 0.3) is 0 Å². The van der Waals surface area contributed by atoms with Gasteiger partial charge >= 0.3 is 5.97 Å². The first-order valence-electron chi connectivity index (χ1n) is 11.3. The second kappa shape index (κ2) is 9.72. The van der Waals surface area contributed by atoms with Crippen LogP contribution in [0.4, 0.5) is 5.13 Å². The molecule has 0 radical (unpaired) electrons. The second-order valence-electron chi connectivity index (χ2n) is 8.49. The number of nitrogens with one attached hydrogen (secondary N) is 1. The number of carbonyl (C=O) groups excluding carboxylic acids is 2. The molecule has 0 unspecified atom stereocenters.